The van der Waals surface area contributed by atoms with Crippen LogP contribution in [0.3, 0.4) is 0 Å². The summed E-state index contributed by atoms with van der Waals surface area (Å²) < 4.78 is 0. The van der Waals surface area contributed by atoms with Gasteiger partial charge in [-0.2, -0.15) is 0 Å². The zero-order valence-corrected chi connectivity index (χ0v) is 12.6. The number of hydrogen-bond donors (Lipinski definition) is 1. The Balaban J connectivity index is 2.15. The highest BCUT2D eigenvalue weighted by molar-refractivity contribution is 8.04. The SMILES string of the molecule is CN(CC(N)=O)C(=O)[C@@H]1CS[C@]2(C)CSCC(=O)N12. The van der Waals surface area contributed by atoms with Crippen LogP contribution in [0.5, 0.6) is 0 Å². The normalized spacial score (nSPS) is 30.1. The average molecular weight is 303 g/mol. The highest BCUT2D eigenvalue weighted by Gasteiger charge is 2.51. The van der Waals surface area contributed by atoms with Crippen LogP contribution < -0.4 is 5.73 Å². The lowest BCUT2D eigenvalue weighted by Gasteiger charge is -2.40. The summed E-state index contributed by atoms with van der Waals surface area (Å²) in [4.78, 5) is 38.0. The molecule has 0 aromatic carbocycles. The molecule has 2 atom stereocenters. The number of hydrogen-bond acceptors (Lipinski definition) is 5. The molecule has 2 N–H and O–H groups in total. The van der Waals surface area contributed by atoms with Crippen molar-refractivity contribution in [1.82, 2.24) is 9.80 Å². The van der Waals surface area contributed by atoms with Crippen molar-refractivity contribution in [3.8, 4) is 0 Å². The maximum Gasteiger partial charge on any atom is 0.246 e. The van der Waals surface area contributed by atoms with E-state index in [4.69, 9.17) is 5.73 Å². The van der Waals surface area contributed by atoms with Gasteiger partial charge in [0.2, 0.25) is 17.7 Å². The number of primary amides is 1. The molecule has 2 heterocycles. The molecular formula is C11H17N3O3S2. The minimum atomic E-state index is -0.551. The second-order valence-electron chi connectivity index (χ2n) is 4.92. The quantitative estimate of drug-likeness (QED) is 0.748. The average Bonchev–Trinajstić information content (AvgIpc) is 2.66. The fourth-order valence-corrected chi connectivity index (χ4v) is 5.12. The number of fused-ring (bicyclic) bond motifs is 1. The van der Waals surface area contributed by atoms with Gasteiger partial charge in [0.1, 0.15) is 6.04 Å². The molecule has 0 radical (unpaired) electrons. The van der Waals surface area contributed by atoms with E-state index < -0.39 is 11.9 Å². The third-order valence-corrected chi connectivity index (χ3v) is 6.14. The molecule has 6 nitrogen and oxygen atoms in total. The Hall–Kier alpha value is -0.890. The summed E-state index contributed by atoms with van der Waals surface area (Å²) in [6.45, 7) is 1.87. The van der Waals surface area contributed by atoms with Gasteiger partial charge in [0.15, 0.2) is 0 Å². The number of nitrogens with zero attached hydrogens (tertiary/aromatic N) is 2. The molecular weight excluding hydrogens is 286 g/mol. The summed E-state index contributed by atoms with van der Waals surface area (Å²) in [7, 11) is 1.54. The summed E-state index contributed by atoms with van der Waals surface area (Å²) in [6.07, 6.45) is 0. The van der Waals surface area contributed by atoms with Crippen molar-refractivity contribution >= 4 is 41.2 Å². The van der Waals surface area contributed by atoms with Crippen LogP contribution in [-0.2, 0) is 14.4 Å². The van der Waals surface area contributed by atoms with Gasteiger partial charge in [-0.15, -0.1) is 23.5 Å². The molecule has 0 bridgehead atoms. The Bertz CT molecular complexity index is 431. The van der Waals surface area contributed by atoms with E-state index in [1.807, 2.05) is 6.92 Å². The Morgan fingerprint density at radius 1 is 1.58 bits per heavy atom. The number of carbonyl (C=O) groups is 3. The van der Waals surface area contributed by atoms with Gasteiger partial charge >= 0.3 is 0 Å². The molecule has 106 valence electrons. The van der Waals surface area contributed by atoms with Crippen LogP contribution >= 0.6 is 23.5 Å². The third-order valence-electron chi connectivity index (χ3n) is 3.29. The molecule has 2 saturated heterocycles. The Kier molecular flexibility index (Phi) is 4.00. The fourth-order valence-electron chi connectivity index (χ4n) is 2.43. The number of thioether (sulfide) groups is 2. The molecule has 0 aromatic heterocycles. The van der Waals surface area contributed by atoms with E-state index in [0.717, 1.165) is 5.75 Å². The monoisotopic (exact) mass is 303 g/mol. The molecule has 0 aliphatic carbocycles. The highest BCUT2D eigenvalue weighted by atomic mass is 32.2. The van der Waals surface area contributed by atoms with Gasteiger partial charge in [-0.3, -0.25) is 14.4 Å². The molecule has 0 unspecified atom stereocenters. The van der Waals surface area contributed by atoms with Gasteiger partial charge in [0, 0.05) is 18.6 Å². The highest BCUT2D eigenvalue weighted by Crippen LogP contribution is 2.44. The van der Waals surface area contributed by atoms with Crippen molar-refractivity contribution in [2.45, 2.75) is 17.8 Å². The zero-order valence-electron chi connectivity index (χ0n) is 10.9. The predicted molar refractivity (Wildman–Crippen MR) is 75.7 cm³/mol. The Labute approximate surface area is 120 Å². The largest absolute Gasteiger partial charge is 0.368 e. The second kappa shape index (κ2) is 5.24. The maximum absolute atomic E-state index is 12.3. The first kappa shape index (κ1) is 14.5. The molecule has 0 aromatic rings. The van der Waals surface area contributed by atoms with Crippen molar-refractivity contribution in [3.63, 3.8) is 0 Å². The first-order chi connectivity index (χ1) is 8.85. The van der Waals surface area contributed by atoms with E-state index in [1.54, 1.807) is 28.4 Å². The third kappa shape index (κ3) is 2.69. The van der Waals surface area contributed by atoms with Crippen LogP contribution in [0.25, 0.3) is 0 Å². The van der Waals surface area contributed by atoms with Crippen molar-refractivity contribution in [2.24, 2.45) is 5.73 Å². The Morgan fingerprint density at radius 2 is 2.26 bits per heavy atom. The number of carbonyl (C=O) groups excluding carboxylic acids is 3. The van der Waals surface area contributed by atoms with E-state index in [1.165, 1.54) is 11.9 Å². The Morgan fingerprint density at radius 3 is 2.89 bits per heavy atom. The molecule has 0 spiro atoms. The molecule has 2 aliphatic heterocycles. The second-order valence-corrected chi connectivity index (χ2v) is 7.41. The van der Waals surface area contributed by atoms with Gasteiger partial charge in [-0.05, 0) is 6.92 Å². The minimum Gasteiger partial charge on any atom is -0.368 e. The number of rotatable bonds is 3. The van der Waals surface area contributed by atoms with E-state index in [2.05, 4.69) is 0 Å². The summed E-state index contributed by atoms with van der Waals surface area (Å²) >= 11 is 3.23. The van der Waals surface area contributed by atoms with Crippen molar-refractivity contribution < 1.29 is 14.4 Å². The topological polar surface area (TPSA) is 83.7 Å². The van der Waals surface area contributed by atoms with Gasteiger partial charge < -0.3 is 15.5 Å². The molecule has 3 amide bonds. The fraction of sp³-hybridized carbons (Fsp3) is 0.727. The number of likely N-dealkylation sites (N-methyl/N-ethyl adjacent to an activating group) is 1. The summed E-state index contributed by atoms with van der Waals surface area (Å²) in [5.41, 5.74) is 5.09. The van der Waals surface area contributed by atoms with E-state index in [9.17, 15) is 14.4 Å². The van der Waals surface area contributed by atoms with Crippen LogP contribution in [-0.4, -0.2) is 69.3 Å². The molecule has 2 rings (SSSR count). The molecule has 2 aliphatic rings. The lowest BCUT2D eigenvalue weighted by Crippen LogP contribution is -2.58. The molecule has 2 fully saturated rings. The standard InChI is InChI=1S/C11H17N3O3S2/c1-11-6-18-5-9(16)14(11)7(4-19-11)10(17)13(2)3-8(12)15/h7H,3-6H2,1-2H3,(H2,12,15)/t7-,11+/m0/s1. The lowest BCUT2D eigenvalue weighted by atomic mass is 10.2. The van der Waals surface area contributed by atoms with Gasteiger partial charge in [0.25, 0.3) is 0 Å². The van der Waals surface area contributed by atoms with E-state index >= 15 is 0 Å². The first-order valence-electron chi connectivity index (χ1n) is 5.92. The first-order valence-corrected chi connectivity index (χ1v) is 8.06. The van der Waals surface area contributed by atoms with Crippen molar-refractivity contribution in [3.05, 3.63) is 0 Å². The molecule has 0 saturated carbocycles. The van der Waals surface area contributed by atoms with Gasteiger partial charge in [-0.1, -0.05) is 0 Å². The summed E-state index contributed by atoms with van der Waals surface area (Å²) in [6, 6.07) is -0.479. The lowest BCUT2D eigenvalue weighted by molar-refractivity contribution is -0.145. The minimum absolute atomic E-state index is 0.00502. The zero-order chi connectivity index (χ0) is 14.2. The van der Waals surface area contributed by atoms with Gasteiger partial charge in [0.05, 0.1) is 17.2 Å². The number of amides is 3. The van der Waals surface area contributed by atoms with E-state index in [-0.39, 0.29) is 23.2 Å². The van der Waals surface area contributed by atoms with Crippen LogP contribution in [0.2, 0.25) is 0 Å². The van der Waals surface area contributed by atoms with Crippen molar-refractivity contribution in [1.29, 1.82) is 0 Å². The van der Waals surface area contributed by atoms with E-state index in [0.29, 0.717) is 11.5 Å². The molecule has 8 heteroatoms. The van der Waals surface area contributed by atoms with Crippen molar-refractivity contribution in [2.75, 3.05) is 30.9 Å². The van der Waals surface area contributed by atoms with Crippen LogP contribution in [0, 0.1) is 0 Å². The smallest absolute Gasteiger partial charge is 0.246 e. The summed E-state index contributed by atoms with van der Waals surface area (Å²) in [5.74, 6) is 1.05. The molecule has 19 heavy (non-hydrogen) atoms. The van der Waals surface area contributed by atoms with Crippen LogP contribution in [0.1, 0.15) is 6.92 Å². The number of nitrogens with two attached hydrogens (primary N) is 1. The van der Waals surface area contributed by atoms with Crippen LogP contribution in [0.15, 0.2) is 0 Å². The maximum atomic E-state index is 12.3. The summed E-state index contributed by atoms with van der Waals surface area (Å²) in [5, 5.41) is 0. The van der Waals surface area contributed by atoms with Crippen LogP contribution in [0.4, 0.5) is 0 Å². The predicted octanol–water partition coefficient (Wildman–Crippen LogP) is -0.663. The van der Waals surface area contributed by atoms with Gasteiger partial charge in [-0.25, -0.2) is 0 Å².